The van der Waals surface area contributed by atoms with Crippen molar-refractivity contribution in [3.8, 4) is 11.4 Å². The number of benzene rings is 3. The third-order valence-corrected chi connectivity index (χ3v) is 6.07. The van der Waals surface area contributed by atoms with Crippen LogP contribution >= 0.6 is 23.8 Å². The first kappa shape index (κ1) is 22.2. The summed E-state index contributed by atoms with van der Waals surface area (Å²) < 4.78 is 33.3. The van der Waals surface area contributed by atoms with Gasteiger partial charge in [0, 0.05) is 16.3 Å². The molecule has 5 rings (SSSR count). The van der Waals surface area contributed by atoms with E-state index in [1.807, 2.05) is 6.92 Å². The van der Waals surface area contributed by atoms with Crippen LogP contribution in [0, 0.1) is 11.6 Å². The first-order chi connectivity index (χ1) is 16.4. The van der Waals surface area contributed by atoms with E-state index in [4.69, 9.17) is 28.3 Å². The van der Waals surface area contributed by atoms with Crippen molar-refractivity contribution in [1.82, 2.24) is 15.5 Å². The Morgan fingerprint density at radius 3 is 2.44 bits per heavy atom. The molecule has 170 valence electrons. The Kier molecular flexibility index (Phi) is 5.85. The van der Waals surface area contributed by atoms with Gasteiger partial charge in [0.05, 0.1) is 17.3 Å². The molecule has 1 aliphatic rings. The average Bonchev–Trinajstić information content (AvgIpc) is 3.29. The standard InChI is InChI=1S/C25H17ClF2N4OS/c1-14-21(24-30-23(31-33-24)16-5-9-17(26)10-6-16)22(15-7-11-18(27)12-8-15)29-25(34)32(14)20-4-2-3-19(28)13-20/h2-13,22H,1H3,(H,29,34). The van der Waals surface area contributed by atoms with E-state index in [1.165, 1.54) is 24.3 Å². The molecule has 5 nitrogen and oxygen atoms in total. The molecule has 3 aromatic carbocycles. The monoisotopic (exact) mass is 494 g/mol. The molecule has 2 heterocycles. The Morgan fingerprint density at radius 2 is 1.74 bits per heavy atom. The first-order valence-electron chi connectivity index (χ1n) is 10.3. The molecule has 1 aliphatic heterocycles. The van der Waals surface area contributed by atoms with Crippen molar-refractivity contribution in [3.63, 3.8) is 0 Å². The molecule has 0 amide bonds. The highest BCUT2D eigenvalue weighted by atomic mass is 35.5. The van der Waals surface area contributed by atoms with Crippen LogP contribution in [-0.4, -0.2) is 15.3 Å². The second-order valence-corrected chi connectivity index (χ2v) is 8.50. The van der Waals surface area contributed by atoms with Crippen molar-refractivity contribution in [1.29, 1.82) is 0 Å². The zero-order chi connectivity index (χ0) is 23.8. The fourth-order valence-electron chi connectivity index (χ4n) is 3.90. The number of hydrogen-bond donors (Lipinski definition) is 1. The Balaban J connectivity index is 1.65. The van der Waals surface area contributed by atoms with Crippen molar-refractivity contribution >= 4 is 40.2 Å². The third-order valence-electron chi connectivity index (χ3n) is 5.51. The van der Waals surface area contributed by atoms with Crippen LogP contribution in [0.4, 0.5) is 14.5 Å². The van der Waals surface area contributed by atoms with Crippen molar-refractivity contribution < 1.29 is 13.3 Å². The number of nitrogens with one attached hydrogen (secondary N) is 1. The molecule has 0 bridgehead atoms. The minimum Gasteiger partial charge on any atom is -0.351 e. The van der Waals surface area contributed by atoms with Gasteiger partial charge in [-0.2, -0.15) is 4.98 Å². The number of hydrogen-bond acceptors (Lipinski definition) is 4. The van der Waals surface area contributed by atoms with Crippen LogP contribution in [0.25, 0.3) is 17.0 Å². The zero-order valence-electron chi connectivity index (χ0n) is 17.8. The molecule has 1 aromatic heterocycles. The summed E-state index contributed by atoms with van der Waals surface area (Å²) >= 11 is 11.6. The lowest BCUT2D eigenvalue weighted by atomic mass is 9.94. The van der Waals surface area contributed by atoms with Gasteiger partial charge in [-0.3, -0.25) is 4.90 Å². The molecule has 0 aliphatic carbocycles. The summed E-state index contributed by atoms with van der Waals surface area (Å²) in [5, 5.41) is 8.36. The fraction of sp³-hybridized carbons (Fsp3) is 0.0800. The summed E-state index contributed by atoms with van der Waals surface area (Å²) in [7, 11) is 0. The SMILES string of the molecule is CC1=C(c2nc(-c3ccc(Cl)cc3)no2)C(c2ccc(F)cc2)NC(=S)N1c1cccc(F)c1. The van der Waals surface area contributed by atoms with Gasteiger partial charge >= 0.3 is 0 Å². The number of anilines is 1. The lowest BCUT2D eigenvalue weighted by Gasteiger charge is -2.37. The van der Waals surface area contributed by atoms with Crippen LogP contribution in [0.2, 0.25) is 5.02 Å². The summed E-state index contributed by atoms with van der Waals surface area (Å²) in [6.45, 7) is 1.84. The van der Waals surface area contributed by atoms with Gasteiger partial charge < -0.3 is 9.84 Å². The molecular formula is C25H17ClF2N4OS. The highest BCUT2D eigenvalue weighted by Gasteiger charge is 2.35. The smallest absolute Gasteiger partial charge is 0.258 e. The second-order valence-electron chi connectivity index (χ2n) is 7.68. The summed E-state index contributed by atoms with van der Waals surface area (Å²) in [4.78, 5) is 6.32. The molecule has 0 radical (unpaired) electrons. The third kappa shape index (κ3) is 4.18. The maximum Gasteiger partial charge on any atom is 0.258 e. The van der Waals surface area contributed by atoms with Gasteiger partial charge in [0.25, 0.3) is 5.89 Å². The molecule has 1 N–H and O–H groups in total. The number of allylic oxidation sites excluding steroid dienone is 1. The normalized spacial score (nSPS) is 16.1. The number of halogens is 3. The van der Waals surface area contributed by atoms with E-state index in [2.05, 4.69) is 15.5 Å². The van der Waals surface area contributed by atoms with Gasteiger partial charge in [-0.1, -0.05) is 35.0 Å². The second kappa shape index (κ2) is 8.96. The maximum atomic E-state index is 14.0. The predicted molar refractivity (Wildman–Crippen MR) is 131 cm³/mol. The number of thiocarbonyl (C=S) groups is 1. The van der Waals surface area contributed by atoms with E-state index >= 15 is 0 Å². The Bertz CT molecular complexity index is 1400. The van der Waals surface area contributed by atoms with Crippen LogP contribution < -0.4 is 10.2 Å². The lowest BCUT2D eigenvalue weighted by molar-refractivity contribution is 0.404. The first-order valence-corrected chi connectivity index (χ1v) is 11.1. The predicted octanol–water partition coefficient (Wildman–Crippen LogP) is 6.54. The highest BCUT2D eigenvalue weighted by Crippen LogP contribution is 2.39. The molecule has 4 aromatic rings. The van der Waals surface area contributed by atoms with Gasteiger partial charge in [-0.15, -0.1) is 0 Å². The van der Waals surface area contributed by atoms with E-state index < -0.39 is 11.9 Å². The summed E-state index contributed by atoms with van der Waals surface area (Å²) in [5.74, 6) is -0.102. The molecule has 1 atom stereocenters. The molecule has 34 heavy (non-hydrogen) atoms. The highest BCUT2D eigenvalue weighted by molar-refractivity contribution is 7.80. The molecule has 0 saturated heterocycles. The van der Waals surface area contributed by atoms with Gasteiger partial charge in [0.2, 0.25) is 5.82 Å². The number of rotatable bonds is 4. The number of aromatic nitrogens is 2. The van der Waals surface area contributed by atoms with Gasteiger partial charge in [0.15, 0.2) is 5.11 Å². The molecule has 1 unspecified atom stereocenters. The lowest BCUT2D eigenvalue weighted by Crippen LogP contribution is -2.46. The Morgan fingerprint density at radius 1 is 1.00 bits per heavy atom. The number of nitrogens with zero attached hydrogens (tertiary/aromatic N) is 3. The maximum absolute atomic E-state index is 14.0. The average molecular weight is 495 g/mol. The van der Waals surface area contributed by atoms with Crippen LogP contribution in [0.5, 0.6) is 0 Å². The molecule has 9 heteroatoms. The minimum atomic E-state index is -0.489. The topological polar surface area (TPSA) is 54.2 Å². The zero-order valence-corrected chi connectivity index (χ0v) is 19.4. The summed E-state index contributed by atoms with van der Waals surface area (Å²) in [6, 6.07) is 18.8. The molecule has 0 spiro atoms. The van der Waals surface area contributed by atoms with Crippen LogP contribution in [0.1, 0.15) is 24.4 Å². The summed E-state index contributed by atoms with van der Waals surface area (Å²) in [5.41, 5.74) is 3.34. The molecular weight excluding hydrogens is 478 g/mol. The Labute approximate surface area is 204 Å². The van der Waals surface area contributed by atoms with Crippen molar-refractivity contribution in [3.05, 3.63) is 107 Å². The van der Waals surface area contributed by atoms with Gasteiger partial charge in [-0.25, -0.2) is 8.78 Å². The van der Waals surface area contributed by atoms with E-state index in [0.29, 0.717) is 32.9 Å². The van der Waals surface area contributed by atoms with Crippen molar-refractivity contribution in [2.75, 3.05) is 4.90 Å². The van der Waals surface area contributed by atoms with E-state index in [-0.39, 0.29) is 11.7 Å². The van der Waals surface area contributed by atoms with E-state index in [9.17, 15) is 8.78 Å². The van der Waals surface area contributed by atoms with Crippen LogP contribution in [-0.2, 0) is 0 Å². The quantitative estimate of drug-likeness (QED) is 0.325. The van der Waals surface area contributed by atoms with E-state index in [0.717, 1.165) is 11.1 Å². The largest absolute Gasteiger partial charge is 0.351 e. The molecule has 0 saturated carbocycles. The van der Waals surface area contributed by atoms with Crippen molar-refractivity contribution in [2.45, 2.75) is 13.0 Å². The molecule has 0 fully saturated rings. The van der Waals surface area contributed by atoms with Crippen molar-refractivity contribution in [2.24, 2.45) is 0 Å². The van der Waals surface area contributed by atoms with Crippen LogP contribution in [0.3, 0.4) is 0 Å². The van der Waals surface area contributed by atoms with Gasteiger partial charge in [0.1, 0.15) is 11.6 Å². The van der Waals surface area contributed by atoms with Gasteiger partial charge in [-0.05, 0) is 79.3 Å². The van der Waals surface area contributed by atoms with E-state index in [1.54, 1.807) is 53.4 Å². The summed E-state index contributed by atoms with van der Waals surface area (Å²) in [6.07, 6.45) is 0. The Hall–Kier alpha value is -3.62. The fourth-order valence-corrected chi connectivity index (χ4v) is 4.39. The van der Waals surface area contributed by atoms with Crippen LogP contribution in [0.15, 0.2) is 83.0 Å². The minimum absolute atomic E-state index is 0.258.